The summed E-state index contributed by atoms with van der Waals surface area (Å²) in [5.74, 6) is 0. The molecule has 1 heterocycles. The van der Waals surface area contributed by atoms with Gasteiger partial charge in [-0.2, -0.15) is 0 Å². The Bertz CT molecular complexity index is 368. The van der Waals surface area contributed by atoms with Crippen molar-refractivity contribution in [1.82, 2.24) is 0 Å². The molecule has 0 spiro atoms. The minimum absolute atomic E-state index is 0.524. The van der Waals surface area contributed by atoms with Crippen LogP contribution in [0.1, 0.15) is 6.92 Å². The molecule has 1 fully saturated rings. The molecule has 1 saturated heterocycles. The Balaban J connectivity index is 2.92. The summed E-state index contributed by atoms with van der Waals surface area (Å²) in [6, 6.07) is -0.757. The fraction of sp³-hybridized carbons (Fsp3) is 1.00. The number of ether oxygens (including phenoxy) is 1. The quantitative estimate of drug-likeness (QED) is 0.318. The van der Waals surface area contributed by atoms with Gasteiger partial charge < -0.3 is 30.5 Å². The van der Waals surface area contributed by atoms with Crippen molar-refractivity contribution in [2.75, 3.05) is 6.26 Å². The molecule has 1 rings (SSSR count). The second-order valence-corrected chi connectivity index (χ2v) is 7.32. The van der Waals surface area contributed by atoms with Crippen molar-refractivity contribution in [3.05, 3.63) is 0 Å². The van der Waals surface area contributed by atoms with Crippen LogP contribution in [0.4, 0.5) is 0 Å². The molecule has 0 amide bonds. The van der Waals surface area contributed by atoms with Crippen molar-refractivity contribution >= 4 is 31.2 Å². The highest BCUT2D eigenvalue weighted by Gasteiger charge is 2.49. The summed E-state index contributed by atoms with van der Waals surface area (Å²) < 4.78 is 20.9. The van der Waals surface area contributed by atoms with E-state index >= 15 is 0 Å². The molecule has 1 aliphatic rings. The van der Waals surface area contributed by atoms with Crippen LogP contribution in [0.5, 0.6) is 0 Å². The van der Waals surface area contributed by atoms with Crippen LogP contribution in [0.3, 0.4) is 0 Å². The first-order valence-corrected chi connectivity index (χ1v) is 9.02. The van der Waals surface area contributed by atoms with Crippen LogP contribution in [0.15, 0.2) is 0 Å². The molecule has 0 aliphatic carbocycles. The molecule has 0 unspecified atom stereocenters. The van der Waals surface area contributed by atoms with Crippen molar-refractivity contribution in [3.8, 4) is 0 Å². The summed E-state index contributed by atoms with van der Waals surface area (Å²) in [4.78, 5) is 17.7. The summed E-state index contributed by atoms with van der Waals surface area (Å²) in [6.45, 7) is 1.61. The summed E-state index contributed by atoms with van der Waals surface area (Å²) >= 11 is 6.92. The highest BCUT2D eigenvalue weighted by molar-refractivity contribution is 7.99. The maximum absolute atomic E-state index is 10.9. The van der Waals surface area contributed by atoms with E-state index < -0.39 is 49.1 Å². The van der Waals surface area contributed by atoms with Gasteiger partial charge >= 0.3 is 7.82 Å². The van der Waals surface area contributed by atoms with Crippen LogP contribution in [0.25, 0.3) is 0 Å². The number of rotatable bonds is 5. The van der Waals surface area contributed by atoms with E-state index in [9.17, 15) is 14.8 Å². The molecule has 0 aromatic heterocycles. The molecule has 0 aromatic rings. The Kier molecular flexibility index (Phi) is 6.74. The lowest BCUT2D eigenvalue weighted by molar-refractivity contribution is -0.198. The molecule has 1 aliphatic heterocycles. The SMILES string of the molecule is CS[C@H]1O[C@H]([C@H](N)[C@H](C)Cl)[C@H](O)[C@H](O)[C@H]1OP(=O)(O)O. The second kappa shape index (κ2) is 7.23. The van der Waals surface area contributed by atoms with Crippen molar-refractivity contribution in [2.24, 2.45) is 5.73 Å². The van der Waals surface area contributed by atoms with Gasteiger partial charge in [-0.25, -0.2) is 4.57 Å². The minimum atomic E-state index is -4.83. The fourth-order valence-electron chi connectivity index (χ4n) is 1.90. The van der Waals surface area contributed by atoms with Gasteiger partial charge in [0.05, 0.1) is 0 Å². The number of hydrogen-bond donors (Lipinski definition) is 5. The molecule has 0 radical (unpaired) electrons. The van der Waals surface area contributed by atoms with Crippen LogP contribution in [-0.2, 0) is 13.8 Å². The predicted octanol–water partition coefficient (Wildman–Crippen LogP) is -0.771. The van der Waals surface area contributed by atoms with Crippen molar-refractivity contribution in [2.45, 2.75) is 48.2 Å². The number of hydrogen-bond acceptors (Lipinski definition) is 7. The average Bonchev–Trinajstić information content (AvgIpc) is 2.33. The molecule has 8 nitrogen and oxygen atoms in total. The van der Waals surface area contributed by atoms with E-state index in [1.807, 2.05) is 0 Å². The van der Waals surface area contributed by atoms with E-state index in [-0.39, 0.29) is 0 Å². The zero-order chi connectivity index (χ0) is 15.7. The van der Waals surface area contributed by atoms with Crippen LogP contribution in [0, 0.1) is 0 Å². The van der Waals surface area contributed by atoms with Gasteiger partial charge in [0.2, 0.25) is 0 Å². The zero-order valence-corrected chi connectivity index (χ0v) is 13.3. The van der Waals surface area contributed by atoms with Gasteiger partial charge in [-0.1, -0.05) is 0 Å². The third kappa shape index (κ3) is 4.54. The van der Waals surface area contributed by atoms with Gasteiger partial charge in [-0.3, -0.25) is 4.52 Å². The number of halogens is 1. The molecular formula is C9H19ClNO7PS. The fourth-order valence-corrected chi connectivity index (χ4v) is 3.40. The van der Waals surface area contributed by atoms with Crippen LogP contribution in [0.2, 0.25) is 0 Å². The largest absolute Gasteiger partial charge is 0.470 e. The predicted molar refractivity (Wildman–Crippen MR) is 74.4 cm³/mol. The monoisotopic (exact) mass is 351 g/mol. The molecule has 0 aromatic carbocycles. The molecule has 120 valence electrons. The van der Waals surface area contributed by atoms with E-state index in [1.54, 1.807) is 13.2 Å². The smallest absolute Gasteiger partial charge is 0.388 e. The van der Waals surface area contributed by atoms with Gasteiger partial charge in [0, 0.05) is 11.4 Å². The topological polar surface area (TPSA) is 142 Å². The van der Waals surface area contributed by atoms with Gasteiger partial charge in [0.1, 0.15) is 29.9 Å². The number of nitrogens with two attached hydrogens (primary N) is 1. The van der Waals surface area contributed by atoms with E-state index in [0.29, 0.717) is 0 Å². The highest BCUT2D eigenvalue weighted by atomic mass is 35.5. The Morgan fingerprint density at radius 1 is 1.40 bits per heavy atom. The summed E-state index contributed by atoms with van der Waals surface area (Å²) in [5, 5.41) is 19.5. The number of aliphatic hydroxyl groups is 2. The number of phosphoric acid groups is 1. The third-order valence-corrected chi connectivity index (χ3v) is 4.64. The van der Waals surface area contributed by atoms with E-state index in [0.717, 1.165) is 11.8 Å². The zero-order valence-electron chi connectivity index (χ0n) is 10.9. The Morgan fingerprint density at radius 3 is 2.35 bits per heavy atom. The molecule has 0 saturated carbocycles. The van der Waals surface area contributed by atoms with Crippen LogP contribution in [-0.4, -0.2) is 67.5 Å². The minimum Gasteiger partial charge on any atom is -0.388 e. The Hall–Kier alpha value is 0.590. The second-order valence-electron chi connectivity index (χ2n) is 4.50. The maximum Gasteiger partial charge on any atom is 0.470 e. The van der Waals surface area contributed by atoms with Crippen molar-refractivity contribution in [1.29, 1.82) is 0 Å². The van der Waals surface area contributed by atoms with Crippen molar-refractivity contribution < 1.29 is 33.8 Å². The normalized spacial score (nSPS) is 38.5. The summed E-state index contributed by atoms with van der Waals surface area (Å²) in [7, 11) is -4.83. The van der Waals surface area contributed by atoms with E-state index in [2.05, 4.69) is 4.52 Å². The summed E-state index contributed by atoms with van der Waals surface area (Å²) in [6.07, 6.45) is -3.76. The molecule has 7 atom stereocenters. The lowest BCUT2D eigenvalue weighted by atomic mass is 9.94. The molecule has 20 heavy (non-hydrogen) atoms. The third-order valence-electron chi connectivity index (χ3n) is 2.98. The van der Waals surface area contributed by atoms with Crippen LogP contribution >= 0.6 is 31.2 Å². The lowest BCUT2D eigenvalue weighted by Crippen LogP contribution is -2.63. The van der Waals surface area contributed by atoms with Gasteiger partial charge in [-0.05, 0) is 13.2 Å². The van der Waals surface area contributed by atoms with Gasteiger partial charge in [-0.15, -0.1) is 23.4 Å². The first-order chi connectivity index (χ1) is 9.08. The van der Waals surface area contributed by atoms with Crippen molar-refractivity contribution in [3.63, 3.8) is 0 Å². The average molecular weight is 352 g/mol. The lowest BCUT2D eigenvalue weighted by Gasteiger charge is -2.44. The Morgan fingerprint density at radius 2 is 1.95 bits per heavy atom. The molecule has 6 N–H and O–H groups in total. The maximum atomic E-state index is 10.9. The number of phosphoric ester groups is 1. The van der Waals surface area contributed by atoms with Crippen LogP contribution < -0.4 is 5.73 Å². The molecular weight excluding hydrogens is 333 g/mol. The molecule has 11 heteroatoms. The summed E-state index contributed by atoms with van der Waals surface area (Å²) in [5.41, 5.74) is 4.91. The Labute approximate surface area is 125 Å². The van der Waals surface area contributed by atoms with Gasteiger partial charge in [0.15, 0.2) is 0 Å². The standard InChI is InChI=1S/C9H19ClNO7PS/c1-3(10)4(11)7-5(12)6(13)8(9(17-7)20-2)18-19(14,15)16/h3-9,12-13H,11H2,1-2H3,(H2,14,15,16)/t3-,4+,5+,6-,7+,8+,9+/m0/s1. The number of aliphatic hydroxyl groups excluding tert-OH is 2. The number of thioether (sulfide) groups is 1. The molecule has 0 bridgehead atoms. The highest BCUT2D eigenvalue weighted by Crippen LogP contribution is 2.43. The van der Waals surface area contributed by atoms with Gasteiger partial charge in [0.25, 0.3) is 0 Å². The van der Waals surface area contributed by atoms with E-state index in [4.69, 9.17) is 31.9 Å². The van der Waals surface area contributed by atoms with E-state index in [1.165, 1.54) is 0 Å². The number of alkyl halides is 1. The first-order valence-electron chi connectivity index (χ1n) is 5.76. The first kappa shape index (κ1) is 18.6.